The number of fused-ring (bicyclic) bond motifs is 1. The summed E-state index contributed by atoms with van der Waals surface area (Å²) >= 11 is 1.18. The van der Waals surface area contributed by atoms with Gasteiger partial charge in [-0.2, -0.15) is 0 Å². The molecule has 1 aromatic heterocycles. The van der Waals surface area contributed by atoms with Gasteiger partial charge in [0.05, 0.1) is 36.5 Å². The number of nitrogens with zero attached hydrogens (tertiary/aromatic N) is 3. The number of thiazole rings is 1. The van der Waals surface area contributed by atoms with Crippen LogP contribution in [0, 0.1) is 0 Å². The molecule has 4 rings (SSSR count). The number of rotatable bonds is 10. The van der Waals surface area contributed by atoms with Crippen LogP contribution in [0.1, 0.15) is 44.9 Å². The lowest BCUT2D eigenvalue weighted by atomic mass is 9.97. The van der Waals surface area contributed by atoms with E-state index in [9.17, 15) is 14.7 Å². The largest absolute Gasteiger partial charge is 0.507 e. The van der Waals surface area contributed by atoms with Gasteiger partial charge in [-0.1, -0.05) is 17.4 Å². The molecule has 206 valence electrons. The third-order valence-electron chi connectivity index (χ3n) is 6.44. The van der Waals surface area contributed by atoms with Crippen molar-refractivity contribution in [2.45, 2.75) is 33.7 Å². The molecule has 0 saturated heterocycles. The predicted molar refractivity (Wildman–Crippen MR) is 152 cm³/mol. The minimum absolute atomic E-state index is 0.0740. The standard InChI is InChI=1S/C29H33N3O6S/c1-6-31(7-2)20-12-10-18(22(33)16-20)15-25-27(34)32-26(21(28(35)36-5)17-30-29(32)39-25)19-11-13-23(37-8-3)24(14-19)38-9-4/h10-17,26,33H,6-9H2,1-5H3/b25-15-/t26-/m1/s1. The number of aromatic hydroxyl groups is 1. The second-order valence-corrected chi connectivity index (χ2v) is 9.67. The Balaban J connectivity index is 1.86. The maximum absolute atomic E-state index is 13.8. The van der Waals surface area contributed by atoms with E-state index in [2.05, 4.69) is 23.7 Å². The second kappa shape index (κ2) is 12.2. The van der Waals surface area contributed by atoms with Crippen LogP contribution in [-0.2, 0) is 9.53 Å². The van der Waals surface area contributed by atoms with Gasteiger partial charge in [-0.05, 0) is 63.6 Å². The molecule has 0 saturated carbocycles. The van der Waals surface area contributed by atoms with Gasteiger partial charge in [0.25, 0.3) is 5.56 Å². The SMILES string of the molecule is CCOc1ccc([C@@H]2C(C(=O)OC)=CN=c3s/c(=C\c4ccc(N(CC)CC)cc4O)c(=O)n32)cc1OCC. The predicted octanol–water partition coefficient (Wildman–Crippen LogP) is 3.37. The molecule has 1 aliphatic rings. The maximum Gasteiger partial charge on any atom is 0.337 e. The van der Waals surface area contributed by atoms with Gasteiger partial charge >= 0.3 is 5.97 Å². The van der Waals surface area contributed by atoms with E-state index in [0.717, 1.165) is 18.8 Å². The van der Waals surface area contributed by atoms with Crippen molar-refractivity contribution < 1.29 is 24.1 Å². The summed E-state index contributed by atoms with van der Waals surface area (Å²) in [7, 11) is 1.29. The number of carbonyl (C=O) groups excluding carboxylic acids is 1. The van der Waals surface area contributed by atoms with Crippen molar-refractivity contribution in [1.29, 1.82) is 0 Å². The number of ether oxygens (including phenoxy) is 3. The number of esters is 1. The molecule has 0 aliphatic carbocycles. The molecule has 1 N–H and O–H groups in total. The van der Waals surface area contributed by atoms with E-state index in [4.69, 9.17) is 14.2 Å². The van der Waals surface area contributed by atoms with Crippen molar-refractivity contribution in [2.24, 2.45) is 4.99 Å². The highest BCUT2D eigenvalue weighted by Gasteiger charge is 2.31. The van der Waals surface area contributed by atoms with Crippen molar-refractivity contribution in [3.05, 3.63) is 79.0 Å². The van der Waals surface area contributed by atoms with E-state index in [1.54, 1.807) is 36.4 Å². The first-order chi connectivity index (χ1) is 18.9. The Hall–Kier alpha value is -4.05. The Kier molecular flexibility index (Phi) is 8.75. The zero-order chi connectivity index (χ0) is 28.1. The summed E-state index contributed by atoms with van der Waals surface area (Å²) in [6, 6.07) is 9.96. The quantitative estimate of drug-likeness (QED) is 0.386. The maximum atomic E-state index is 13.8. The van der Waals surface area contributed by atoms with Crippen LogP contribution in [0.25, 0.3) is 6.08 Å². The van der Waals surface area contributed by atoms with Gasteiger partial charge in [0.15, 0.2) is 16.3 Å². The number of hydrogen-bond donors (Lipinski definition) is 1. The highest BCUT2D eigenvalue weighted by atomic mass is 32.1. The third kappa shape index (κ3) is 5.56. The lowest BCUT2D eigenvalue weighted by Crippen LogP contribution is -2.39. The number of methoxy groups -OCH3 is 1. The smallest absolute Gasteiger partial charge is 0.337 e. The highest BCUT2D eigenvalue weighted by Crippen LogP contribution is 2.35. The van der Waals surface area contributed by atoms with Crippen LogP contribution in [0.4, 0.5) is 5.69 Å². The Morgan fingerprint density at radius 1 is 1.08 bits per heavy atom. The molecule has 0 unspecified atom stereocenters. The Morgan fingerprint density at radius 2 is 1.79 bits per heavy atom. The number of phenols is 1. The lowest BCUT2D eigenvalue weighted by molar-refractivity contribution is -0.136. The molecule has 9 nitrogen and oxygen atoms in total. The Labute approximate surface area is 230 Å². The average Bonchev–Trinajstić information content (AvgIpc) is 3.26. The number of carbonyl (C=O) groups is 1. The molecule has 39 heavy (non-hydrogen) atoms. The molecule has 0 amide bonds. The monoisotopic (exact) mass is 551 g/mol. The van der Waals surface area contributed by atoms with Crippen LogP contribution in [0.5, 0.6) is 17.2 Å². The summed E-state index contributed by atoms with van der Waals surface area (Å²) in [5.74, 6) is 0.570. The summed E-state index contributed by atoms with van der Waals surface area (Å²) in [5.41, 5.74) is 1.94. The van der Waals surface area contributed by atoms with Gasteiger partial charge in [-0.25, -0.2) is 9.79 Å². The van der Waals surface area contributed by atoms with Gasteiger partial charge in [-0.15, -0.1) is 0 Å². The van der Waals surface area contributed by atoms with Gasteiger partial charge < -0.3 is 24.2 Å². The molecule has 10 heteroatoms. The fourth-order valence-corrected chi connectivity index (χ4v) is 5.53. The summed E-state index contributed by atoms with van der Waals surface area (Å²) < 4.78 is 18.4. The average molecular weight is 552 g/mol. The van der Waals surface area contributed by atoms with Gasteiger partial charge in [0.2, 0.25) is 0 Å². The first-order valence-electron chi connectivity index (χ1n) is 12.9. The van der Waals surface area contributed by atoms with Crippen LogP contribution in [0.2, 0.25) is 0 Å². The molecule has 1 atom stereocenters. The zero-order valence-corrected chi connectivity index (χ0v) is 23.6. The molecular formula is C29H33N3O6S. The molecule has 1 aliphatic heterocycles. The number of phenolic OH excluding ortho intramolecular Hbond substituents is 1. The van der Waals surface area contributed by atoms with Gasteiger partial charge in [0.1, 0.15) is 5.75 Å². The van der Waals surface area contributed by atoms with E-state index in [1.165, 1.54) is 29.2 Å². The minimum atomic E-state index is -0.788. The molecular weight excluding hydrogens is 518 g/mol. The van der Waals surface area contributed by atoms with Crippen LogP contribution >= 0.6 is 11.3 Å². The molecule has 0 fully saturated rings. The second-order valence-electron chi connectivity index (χ2n) is 8.66. The molecule has 0 radical (unpaired) electrons. The third-order valence-corrected chi connectivity index (χ3v) is 7.43. The molecule has 0 bridgehead atoms. The number of hydrogen-bond acceptors (Lipinski definition) is 9. The fraction of sp³-hybridized carbons (Fsp3) is 0.345. The van der Waals surface area contributed by atoms with Crippen LogP contribution in [-0.4, -0.2) is 49.1 Å². The summed E-state index contributed by atoms with van der Waals surface area (Å²) in [6.07, 6.45) is 3.09. The zero-order valence-electron chi connectivity index (χ0n) is 22.8. The fourth-order valence-electron chi connectivity index (χ4n) is 4.57. The van der Waals surface area contributed by atoms with Crippen LogP contribution < -0.4 is 29.3 Å². The van der Waals surface area contributed by atoms with Crippen molar-refractivity contribution in [1.82, 2.24) is 4.57 Å². The van der Waals surface area contributed by atoms with Crippen molar-refractivity contribution in [3.8, 4) is 17.2 Å². The Morgan fingerprint density at radius 3 is 2.44 bits per heavy atom. The first kappa shape index (κ1) is 28.0. The minimum Gasteiger partial charge on any atom is -0.507 e. The van der Waals surface area contributed by atoms with Crippen molar-refractivity contribution >= 4 is 29.1 Å². The van der Waals surface area contributed by atoms with E-state index in [1.807, 2.05) is 19.9 Å². The number of aromatic nitrogens is 1. The highest BCUT2D eigenvalue weighted by molar-refractivity contribution is 7.07. The van der Waals surface area contributed by atoms with E-state index in [-0.39, 0.29) is 16.9 Å². The summed E-state index contributed by atoms with van der Waals surface area (Å²) in [4.78, 5) is 33.5. The number of benzene rings is 2. The lowest BCUT2D eigenvalue weighted by Gasteiger charge is -2.23. The van der Waals surface area contributed by atoms with E-state index >= 15 is 0 Å². The molecule has 3 aromatic rings. The molecule has 2 heterocycles. The van der Waals surface area contributed by atoms with Crippen LogP contribution in [0.3, 0.4) is 0 Å². The van der Waals surface area contributed by atoms with E-state index < -0.39 is 12.0 Å². The molecule has 2 aromatic carbocycles. The topological polar surface area (TPSA) is 103 Å². The van der Waals surface area contributed by atoms with Crippen molar-refractivity contribution in [2.75, 3.05) is 38.3 Å². The normalized spacial score (nSPS) is 14.7. The van der Waals surface area contributed by atoms with Gasteiger partial charge in [-0.3, -0.25) is 9.36 Å². The Bertz CT molecular complexity index is 1570. The van der Waals surface area contributed by atoms with Crippen LogP contribution in [0.15, 0.2) is 58.0 Å². The van der Waals surface area contributed by atoms with Gasteiger partial charge in [0, 0.05) is 36.6 Å². The first-order valence-corrected chi connectivity index (χ1v) is 13.7. The molecule has 0 spiro atoms. The summed E-state index contributed by atoms with van der Waals surface area (Å²) in [5, 5.41) is 10.7. The van der Waals surface area contributed by atoms with Crippen molar-refractivity contribution in [3.63, 3.8) is 0 Å². The van der Waals surface area contributed by atoms with E-state index in [0.29, 0.717) is 45.2 Å². The summed E-state index contributed by atoms with van der Waals surface area (Å²) in [6.45, 7) is 10.4. The number of anilines is 1.